The number of benzene rings is 2. The number of carbonyl (C=O) groups is 2. The largest absolute Gasteiger partial charge is 0.497 e. The van der Waals surface area contributed by atoms with Gasteiger partial charge in [0.1, 0.15) is 17.2 Å². The maximum absolute atomic E-state index is 13.0. The molecular formula is C23H22N2O4S. The SMILES string of the molecule is CCOc1ccccc1NC(=O)/C(=C/c1cccs1)NC(=O)c1ccc(OC)cc1. The number of nitrogens with one attached hydrogen (secondary N) is 2. The number of methoxy groups -OCH3 is 1. The molecule has 0 radical (unpaired) electrons. The van der Waals surface area contributed by atoms with Crippen LogP contribution in [-0.4, -0.2) is 25.5 Å². The summed E-state index contributed by atoms with van der Waals surface area (Å²) in [6.45, 7) is 2.34. The standard InChI is InChI=1S/C23H22N2O4S/c1-3-29-21-9-5-4-8-19(21)24-23(27)20(15-18-7-6-14-30-18)25-22(26)16-10-12-17(28-2)13-11-16/h4-15H,3H2,1-2H3,(H,24,27)(H,25,26)/b20-15-. The van der Waals surface area contributed by atoms with Crippen LogP contribution in [0.25, 0.3) is 6.08 Å². The highest BCUT2D eigenvalue weighted by atomic mass is 32.1. The van der Waals surface area contributed by atoms with Crippen LogP contribution in [-0.2, 0) is 4.79 Å². The number of carbonyl (C=O) groups excluding carboxylic acids is 2. The monoisotopic (exact) mass is 422 g/mol. The van der Waals surface area contributed by atoms with E-state index in [0.29, 0.717) is 29.4 Å². The van der Waals surface area contributed by atoms with Crippen molar-refractivity contribution >= 4 is 34.9 Å². The number of hydrogen-bond acceptors (Lipinski definition) is 5. The highest BCUT2D eigenvalue weighted by Gasteiger charge is 2.17. The molecule has 0 atom stereocenters. The first-order chi connectivity index (χ1) is 14.6. The fourth-order valence-corrected chi connectivity index (χ4v) is 3.31. The van der Waals surface area contributed by atoms with Crippen LogP contribution in [0.3, 0.4) is 0 Å². The number of thiophene rings is 1. The molecule has 0 aliphatic rings. The molecule has 3 aromatic rings. The van der Waals surface area contributed by atoms with Crippen LogP contribution in [0.15, 0.2) is 71.7 Å². The summed E-state index contributed by atoms with van der Waals surface area (Å²) >= 11 is 1.47. The fourth-order valence-electron chi connectivity index (χ4n) is 2.65. The minimum Gasteiger partial charge on any atom is -0.497 e. The van der Waals surface area contributed by atoms with Gasteiger partial charge in [0.15, 0.2) is 0 Å². The smallest absolute Gasteiger partial charge is 0.272 e. The van der Waals surface area contributed by atoms with Gasteiger partial charge in [0.05, 0.1) is 19.4 Å². The van der Waals surface area contributed by atoms with Crippen molar-refractivity contribution in [2.75, 3.05) is 19.0 Å². The van der Waals surface area contributed by atoms with Crippen LogP contribution in [0.2, 0.25) is 0 Å². The number of para-hydroxylation sites is 2. The van der Waals surface area contributed by atoms with Gasteiger partial charge >= 0.3 is 0 Å². The topological polar surface area (TPSA) is 76.7 Å². The third kappa shape index (κ3) is 5.48. The minimum absolute atomic E-state index is 0.129. The Balaban J connectivity index is 1.84. The first-order valence-corrected chi connectivity index (χ1v) is 10.2. The van der Waals surface area contributed by atoms with E-state index in [4.69, 9.17) is 9.47 Å². The lowest BCUT2D eigenvalue weighted by atomic mass is 10.2. The highest BCUT2D eigenvalue weighted by molar-refractivity contribution is 7.10. The van der Waals surface area contributed by atoms with Gasteiger partial charge in [-0.2, -0.15) is 0 Å². The molecule has 0 aliphatic carbocycles. The highest BCUT2D eigenvalue weighted by Crippen LogP contribution is 2.24. The van der Waals surface area contributed by atoms with Gasteiger partial charge in [0.2, 0.25) is 0 Å². The van der Waals surface area contributed by atoms with Crippen molar-refractivity contribution in [3.63, 3.8) is 0 Å². The molecule has 0 unspecified atom stereocenters. The Morgan fingerprint density at radius 2 is 1.80 bits per heavy atom. The number of hydrogen-bond donors (Lipinski definition) is 2. The zero-order valence-corrected chi connectivity index (χ0v) is 17.5. The third-order valence-electron chi connectivity index (χ3n) is 4.11. The Labute approximate surface area is 179 Å². The molecule has 0 aliphatic heterocycles. The number of rotatable bonds is 8. The average Bonchev–Trinajstić information content (AvgIpc) is 3.28. The van der Waals surface area contributed by atoms with Crippen molar-refractivity contribution in [2.45, 2.75) is 6.92 Å². The molecule has 0 bridgehead atoms. The Bertz CT molecular complexity index is 1030. The molecule has 2 amide bonds. The van der Waals surface area contributed by atoms with Gasteiger partial charge in [0, 0.05) is 10.4 Å². The van der Waals surface area contributed by atoms with Crippen LogP contribution in [0, 0.1) is 0 Å². The van der Waals surface area contributed by atoms with E-state index in [1.54, 1.807) is 55.7 Å². The van der Waals surface area contributed by atoms with E-state index in [0.717, 1.165) is 4.88 Å². The van der Waals surface area contributed by atoms with Crippen molar-refractivity contribution in [2.24, 2.45) is 0 Å². The van der Waals surface area contributed by atoms with Crippen LogP contribution >= 0.6 is 11.3 Å². The van der Waals surface area contributed by atoms with Crippen LogP contribution in [0.1, 0.15) is 22.2 Å². The van der Waals surface area contributed by atoms with Gasteiger partial charge in [0.25, 0.3) is 11.8 Å². The maximum atomic E-state index is 13.0. The molecule has 30 heavy (non-hydrogen) atoms. The lowest BCUT2D eigenvalue weighted by Gasteiger charge is -2.14. The molecule has 3 rings (SSSR count). The normalized spacial score (nSPS) is 10.9. The number of ether oxygens (including phenoxy) is 2. The summed E-state index contributed by atoms with van der Waals surface area (Å²) in [4.78, 5) is 26.6. The van der Waals surface area contributed by atoms with Gasteiger partial charge in [-0.05, 0) is 60.8 Å². The van der Waals surface area contributed by atoms with Crippen molar-refractivity contribution in [3.8, 4) is 11.5 Å². The zero-order valence-electron chi connectivity index (χ0n) is 16.7. The van der Waals surface area contributed by atoms with E-state index in [1.165, 1.54) is 11.3 Å². The van der Waals surface area contributed by atoms with Crippen LogP contribution in [0.4, 0.5) is 5.69 Å². The van der Waals surface area contributed by atoms with Gasteiger partial charge in [-0.25, -0.2) is 0 Å². The van der Waals surface area contributed by atoms with Gasteiger partial charge in [-0.3, -0.25) is 9.59 Å². The van der Waals surface area contributed by atoms with E-state index in [9.17, 15) is 9.59 Å². The Hall–Kier alpha value is -3.58. The Morgan fingerprint density at radius 3 is 2.47 bits per heavy atom. The van der Waals surface area contributed by atoms with Crippen molar-refractivity contribution in [3.05, 3.63) is 82.2 Å². The molecular weight excluding hydrogens is 400 g/mol. The van der Waals surface area contributed by atoms with Gasteiger partial charge in [-0.15, -0.1) is 11.3 Å². The summed E-state index contributed by atoms with van der Waals surface area (Å²) in [7, 11) is 1.56. The summed E-state index contributed by atoms with van der Waals surface area (Å²) in [5.74, 6) is 0.364. The second kappa shape index (κ2) is 10.3. The lowest BCUT2D eigenvalue weighted by Crippen LogP contribution is -2.30. The second-order valence-electron chi connectivity index (χ2n) is 6.14. The number of amides is 2. The van der Waals surface area contributed by atoms with E-state index in [1.807, 2.05) is 30.5 Å². The second-order valence-corrected chi connectivity index (χ2v) is 7.12. The van der Waals surface area contributed by atoms with E-state index < -0.39 is 11.8 Å². The predicted octanol–water partition coefficient (Wildman–Crippen LogP) is 4.57. The number of anilines is 1. The summed E-state index contributed by atoms with van der Waals surface area (Å²) < 4.78 is 10.7. The van der Waals surface area contributed by atoms with E-state index in [2.05, 4.69) is 10.6 Å². The fraction of sp³-hybridized carbons (Fsp3) is 0.130. The molecule has 1 heterocycles. The first kappa shape index (κ1) is 21.1. The molecule has 6 nitrogen and oxygen atoms in total. The molecule has 2 N–H and O–H groups in total. The molecule has 7 heteroatoms. The summed E-state index contributed by atoms with van der Waals surface area (Å²) in [5, 5.41) is 7.44. The van der Waals surface area contributed by atoms with Crippen molar-refractivity contribution < 1.29 is 19.1 Å². The van der Waals surface area contributed by atoms with Crippen molar-refractivity contribution in [1.29, 1.82) is 0 Å². The quantitative estimate of drug-likeness (QED) is 0.522. The maximum Gasteiger partial charge on any atom is 0.272 e. The molecule has 2 aromatic carbocycles. The molecule has 0 saturated carbocycles. The summed E-state index contributed by atoms with van der Waals surface area (Å²) in [5.41, 5.74) is 1.07. The Morgan fingerprint density at radius 1 is 1.03 bits per heavy atom. The Kier molecular flexibility index (Phi) is 7.24. The third-order valence-corrected chi connectivity index (χ3v) is 4.93. The van der Waals surface area contributed by atoms with E-state index >= 15 is 0 Å². The average molecular weight is 423 g/mol. The summed E-state index contributed by atoms with van der Waals surface area (Å²) in [6.07, 6.45) is 1.64. The zero-order chi connectivity index (χ0) is 21.3. The van der Waals surface area contributed by atoms with Crippen LogP contribution < -0.4 is 20.1 Å². The minimum atomic E-state index is -0.447. The molecule has 0 spiro atoms. The summed E-state index contributed by atoms with van der Waals surface area (Å²) in [6, 6.07) is 17.6. The molecule has 154 valence electrons. The van der Waals surface area contributed by atoms with Gasteiger partial charge in [-0.1, -0.05) is 18.2 Å². The predicted molar refractivity (Wildman–Crippen MR) is 119 cm³/mol. The molecule has 0 fully saturated rings. The van der Waals surface area contributed by atoms with Crippen molar-refractivity contribution in [1.82, 2.24) is 5.32 Å². The van der Waals surface area contributed by atoms with E-state index in [-0.39, 0.29) is 5.70 Å². The first-order valence-electron chi connectivity index (χ1n) is 9.34. The van der Waals surface area contributed by atoms with Crippen LogP contribution in [0.5, 0.6) is 11.5 Å². The molecule has 1 aromatic heterocycles. The molecule has 0 saturated heterocycles. The lowest BCUT2D eigenvalue weighted by molar-refractivity contribution is -0.113. The van der Waals surface area contributed by atoms with Gasteiger partial charge < -0.3 is 20.1 Å².